The van der Waals surface area contributed by atoms with Crippen LogP contribution in [-0.4, -0.2) is 51.8 Å². The van der Waals surface area contributed by atoms with Crippen molar-refractivity contribution in [1.82, 2.24) is 20.0 Å². The highest BCUT2D eigenvalue weighted by molar-refractivity contribution is 5.88. The van der Waals surface area contributed by atoms with Crippen LogP contribution in [0.4, 0.5) is 0 Å². The molecule has 0 saturated carbocycles. The first kappa shape index (κ1) is 14.2. The molecule has 1 unspecified atom stereocenters. The summed E-state index contributed by atoms with van der Waals surface area (Å²) in [4.78, 5) is 24.1. The molecule has 2 N–H and O–H groups in total. The smallest absolute Gasteiger partial charge is 0.339 e. The van der Waals surface area contributed by atoms with Crippen LogP contribution >= 0.6 is 0 Å². The van der Waals surface area contributed by atoms with E-state index in [1.54, 1.807) is 28.1 Å². The van der Waals surface area contributed by atoms with Crippen LogP contribution in [-0.2, 0) is 18.4 Å². The highest BCUT2D eigenvalue weighted by atomic mass is 16.4. The van der Waals surface area contributed by atoms with Gasteiger partial charge in [0.15, 0.2) is 0 Å². The quantitative estimate of drug-likeness (QED) is 0.752. The molecule has 7 nitrogen and oxygen atoms in total. The number of carbonyl (C=O) groups is 2. The summed E-state index contributed by atoms with van der Waals surface area (Å²) in [5.41, 5.74) is 0.690. The first-order valence-electron chi connectivity index (χ1n) is 5.53. The minimum atomic E-state index is -1.02. The second-order valence-corrected chi connectivity index (χ2v) is 4.27. The largest absolute Gasteiger partial charge is 0.478 e. The van der Waals surface area contributed by atoms with Crippen molar-refractivity contribution in [3.05, 3.63) is 17.5 Å². The Kier molecular flexibility index (Phi) is 4.43. The van der Waals surface area contributed by atoms with Gasteiger partial charge < -0.3 is 15.3 Å². The summed E-state index contributed by atoms with van der Waals surface area (Å²) >= 11 is 0. The third-order valence-electron chi connectivity index (χ3n) is 2.68. The van der Waals surface area contributed by atoms with Gasteiger partial charge in [-0.15, -0.1) is 0 Å². The molecule has 1 atom stereocenters. The van der Waals surface area contributed by atoms with Crippen molar-refractivity contribution in [3.8, 4) is 0 Å². The molecular formula is C11H18N4O3. The van der Waals surface area contributed by atoms with Crippen molar-refractivity contribution in [3.63, 3.8) is 0 Å². The second kappa shape index (κ2) is 5.63. The number of carbonyl (C=O) groups excluding carboxylic acids is 1. The van der Waals surface area contributed by atoms with E-state index in [9.17, 15) is 9.59 Å². The summed E-state index contributed by atoms with van der Waals surface area (Å²) in [5.74, 6) is -1.08. The molecule has 100 valence electrons. The summed E-state index contributed by atoms with van der Waals surface area (Å²) in [6.45, 7) is 2.01. The maximum atomic E-state index is 11.6. The van der Waals surface area contributed by atoms with Crippen LogP contribution in [0.5, 0.6) is 0 Å². The van der Waals surface area contributed by atoms with Gasteiger partial charge in [-0.2, -0.15) is 5.10 Å². The lowest BCUT2D eigenvalue weighted by molar-refractivity contribution is -0.130. The molecule has 0 aliphatic heterocycles. The van der Waals surface area contributed by atoms with Crippen molar-refractivity contribution in [2.45, 2.75) is 19.5 Å². The Morgan fingerprint density at radius 1 is 1.56 bits per heavy atom. The Bertz CT molecular complexity index is 453. The van der Waals surface area contributed by atoms with E-state index in [1.165, 1.54) is 15.8 Å². The van der Waals surface area contributed by atoms with Crippen molar-refractivity contribution >= 4 is 11.9 Å². The number of aromatic carboxylic acids is 1. The fourth-order valence-corrected chi connectivity index (χ4v) is 1.58. The molecule has 1 rings (SSSR count). The number of hydrogen-bond donors (Lipinski definition) is 2. The zero-order valence-corrected chi connectivity index (χ0v) is 11.0. The topological polar surface area (TPSA) is 87.5 Å². The molecule has 7 heteroatoms. The van der Waals surface area contributed by atoms with E-state index >= 15 is 0 Å². The Morgan fingerprint density at radius 3 is 2.67 bits per heavy atom. The van der Waals surface area contributed by atoms with Gasteiger partial charge in [0.05, 0.1) is 17.9 Å². The maximum Gasteiger partial charge on any atom is 0.339 e. The number of amides is 1. The first-order valence-corrected chi connectivity index (χ1v) is 5.53. The van der Waals surface area contributed by atoms with Crippen LogP contribution in [0.15, 0.2) is 6.20 Å². The Labute approximate surface area is 105 Å². The van der Waals surface area contributed by atoms with Crippen molar-refractivity contribution < 1.29 is 14.7 Å². The zero-order chi connectivity index (χ0) is 13.9. The van der Waals surface area contributed by atoms with Crippen molar-refractivity contribution in [1.29, 1.82) is 0 Å². The molecule has 0 bridgehead atoms. The lowest BCUT2D eigenvalue weighted by atomic mass is 10.2. The Hall–Kier alpha value is -1.89. The SMILES string of the molecule is CC(NCc1c(C(=O)O)cnn1C)C(=O)N(C)C. The zero-order valence-electron chi connectivity index (χ0n) is 11.0. The van der Waals surface area contributed by atoms with Gasteiger partial charge in [-0.05, 0) is 6.92 Å². The van der Waals surface area contributed by atoms with Crippen molar-refractivity contribution in [2.24, 2.45) is 7.05 Å². The van der Waals surface area contributed by atoms with E-state index in [2.05, 4.69) is 10.4 Å². The maximum absolute atomic E-state index is 11.6. The third kappa shape index (κ3) is 3.07. The molecule has 0 aliphatic rings. The van der Waals surface area contributed by atoms with Gasteiger partial charge in [-0.3, -0.25) is 9.48 Å². The monoisotopic (exact) mass is 254 g/mol. The van der Waals surface area contributed by atoms with Gasteiger partial charge in [0.1, 0.15) is 5.56 Å². The van der Waals surface area contributed by atoms with Crippen LogP contribution in [0.2, 0.25) is 0 Å². The highest BCUT2D eigenvalue weighted by Crippen LogP contribution is 2.07. The molecule has 0 fully saturated rings. The number of aryl methyl sites for hydroxylation is 1. The molecule has 1 aromatic heterocycles. The molecule has 0 spiro atoms. The summed E-state index contributed by atoms with van der Waals surface area (Å²) < 4.78 is 1.49. The number of nitrogens with one attached hydrogen (secondary N) is 1. The number of aromatic nitrogens is 2. The van der Waals surface area contributed by atoms with E-state index in [4.69, 9.17) is 5.11 Å². The van der Waals surface area contributed by atoms with E-state index in [0.717, 1.165) is 0 Å². The van der Waals surface area contributed by atoms with Gasteiger partial charge in [0, 0.05) is 27.7 Å². The number of carboxylic acids is 1. The Balaban J connectivity index is 2.72. The van der Waals surface area contributed by atoms with Crippen molar-refractivity contribution in [2.75, 3.05) is 14.1 Å². The molecule has 0 aromatic carbocycles. The Morgan fingerprint density at radius 2 is 2.17 bits per heavy atom. The van der Waals surface area contributed by atoms with E-state index in [0.29, 0.717) is 5.69 Å². The van der Waals surface area contributed by atoms with Crippen LogP contribution in [0.25, 0.3) is 0 Å². The normalized spacial score (nSPS) is 12.2. The lowest BCUT2D eigenvalue weighted by Crippen LogP contribution is -2.41. The number of nitrogens with zero attached hydrogens (tertiary/aromatic N) is 3. The fourth-order valence-electron chi connectivity index (χ4n) is 1.58. The van der Waals surface area contributed by atoms with Gasteiger partial charge in [-0.25, -0.2) is 4.79 Å². The molecule has 0 radical (unpaired) electrons. The summed E-state index contributed by atoms with van der Waals surface area (Å²) in [6, 6.07) is -0.378. The first-order chi connectivity index (χ1) is 8.34. The average Bonchev–Trinajstić information content (AvgIpc) is 2.66. The summed E-state index contributed by atoms with van der Waals surface area (Å²) in [7, 11) is 5.02. The summed E-state index contributed by atoms with van der Waals surface area (Å²) in [6.07, 6.45) is 1.30. The van der Waals surface area contributed by atoms with Crippen LogP contribution in [0.1, 0.15) is 23.0 Å². The van der Waals surface area contributed by atoms with Crippen LogP contribution < -0.4 is 5.32 Å². The van der Waals surface area contributed by atoms with Gasteiger partial charge in [0.25, 0.3) is 0 Å². The van der Waals surface area contributed by atoms with Crippen LogP contribution in [0.3, 0.4) is 0 Å². The number of likely N-dealkylation sites (N-methyl/N-ethyl adjacent to an activating group) is 1. The highest BCUT2D eigenvalue weighted by Gasteiger charge is 2.18. The number of rotatable bonds is 5. The number of carboxylic acid groups (broad SMARTS) is 1. The van der Waals surface area contributed by atoms with E-state index in [1.807, 2.05) is 0 Å². The van der Waals surface area contributed by atoms with E-state index in [-0.39, 0.29) is 24.1 Å². The molecule has 0 saturated heterocycles. The fraction of sp³-hybridized carbons (Fsp3) is 0.545. The molecule has 1 heterocycles. The second-order valence-electron chi connectivity index (χ2n) is 4.27. The van der Waals surface area contributed by atoms with Crippen LogP contribution in [0, 0.1) is 0 Å². The third-order valence-corrected chi connectivity index (χ3v) is 2.68. The van der Waals surface area contributed by atoms with Gasteiger partial charge in [-0.1, -0.05) is 0 Å². The minimum Gasteiger partial charge on any atom is -0.478 e. The lowest BCUT2D eigenvalue weighted by Gasteiger charge is -2.18. The predicted molar refractivity (Wildman–Crippen MR) is 65.2 cm³/mol. The number of hydrogen-bond acceptors (Lipinski definition) is 4. The molecule has 1 amide bonds. The molecule has 18 heavy (non-hydrogen) atoms. The molecule has 0 aliphatic carbocycles. The molecule has 1 aromatic rings. The predicted octanol–water partition coefficient (Wildman–Crippen LogP) is -0.315. The average molecular weight is 254 g/mol. The summed E-state index contributed by atoms with van der Waals surface area (Å²) in [5, 5.41) is 15.9. The van der Waals surface area contributed by atoms with Gasteiger partial charge in [0.2, 0.25) is 5.91 Å². The standard InChI is InChI=1S/C11H18N4O3/c1-7(10(16)14(2)3)12-6-9-8(11(17)18)5-13-15(9)4/h5,7,12H,6H2,1-4H3,(H,17,18). The minimum absolute atomic E-state index is 0.0611. The molecular weight excluding hydrogens is 236 g/mol. The van der Waals surface area contributed by atoms with E-state index < -0.39 is 5.97 Å². The van der Waals surface area contributed by atoms with Gasteiger partial charge >= 0.3 is 5.97 Å².